The number of allylic oxidation sites excluding steroid dienone is 6. The third kappa shape index (κ3) is 1260. The van der Waals surface area contributed by atoms with Gasteiger partial charge >= 0.3 is 0 Å². The average Bonchev–Trinajstić information content (AvgIpc) is 2.18. The van der Waals surface area contributed by atoms with E-state index < -0.39 is 0 Å². The summed E-state index contributed by atoms with van der Waals surface area (Å²) in [5.74, 6) is 0. The van der Waals surface area contributed by atoms with Gasteiger partial charge in [0.25, 0.3) is 0 Å². The highest BCUT2D eigenvalue weighted by Crippen LogP contribution is 1.53. The minimum absolute atomic E-state index is 0. The molecule has 0 nitrogen and oxygen atoms in total. The highest BCUT2D eigenvalue weighted by Gasteiger charge is 1.30. The molecule has 0 N–H and O–H groups in total. The molecule has 0 aliphatic heterocycles. The molecule has 0 unspecified atom stereocenters. The molecule has 0 aliphatic rings. The third-order valence-corrected chi connectivity index (χ3v) is 0.500. The molecule has 0 aromatic heterocycles. The molecule has 0 saturated heterocycles. The molecule has 0 aromatic rings. The zero-order valence-corrected chi connectivity index (χ0v) is 7.71. The summed E-state index contributed by atoms with van der Waals surface area (Å²) in [7, 11) is 0. The fraction of sp³-hybridized carbons (Fsp3) is 0.333. The van der Waals surface area contributed by atoms with Crippen LogP contribution in [0.4, 0.5) is 0 Å². The average molecular weight is 259 g/mol. The van der Waals surface area contributed by atoms with E-state index in [2.05, 4.69) is 39.5 Å². The SMILES string of the molecule is C.C.C.C.C.C.C=CC=C.C=CC=C.C=CC=C. The van der Waals surface area contributed by atoms with Gasteiger partial charge in [-0.2, -0.15) is 0 Å². The standard InChI is InChI=1S/3C4H6.6CH4/c3*1-3-4-2;;;;;;/h3*3-4H,1-2H2;6*1H4. The number of hydrogen-bond donors (Lipinski definition) is 0. The van der Waals surface area contributed by atoms with Gasteiger partial charge in [-0.3, -0.25) is 0 Å². The lowest BCUT2D eigenvalue weighted by Gasteiger charge is -1.44. The predicted molar refractivity (Wildman–Crippen MR) is 102 cm³/mol. The third-order valence-electron chi connectivity index (χ3n) is 0.500. The molecule has 0 aromatic carbocycles. The summed E-state index contributed by atoms with van der Waals surface area (Å²) in [6.07, 6.45) is 9.83. The summed E-state index contributed by atoms with van der Waals surface area (Å²) in [6, 6.07) is 0. The Bertz CT molecular complexity index is 91.6. The maximum Gasteiger partial charge on any atom is -0.0701 e. The fourth-order valence-electron chi connectivity index (χ4n) is 0. The van der Waals surface area contributed by atoms with Gasteiger partial charge in [-0.1, -0.05) is 120 Å². The van der Waals surface area contributed by atoms with Gasteiger partial charge in [0, 0.05) is 0 Å². The Balaban J connectivity index is -0.00000000827. The Morgan fingerprint density at radius 2 is 0.333 bits per heavy atom. The van der Waals surface area contributed by atoms with E-state index in [1.54, 1.807) is 36.5 Å². The molecule has 18 heavy (non-hydrogen) atoms. The molecule has 0 fully saturated rings. The molecule has 0 spiro atoms. The first-order chi connectivity index (χ1) is 5.74. The highest BCUT2D eigenvalue weighted by molar-refractivity contribution is 4.89. The second-order valence-corrected chi connectivity index (χ2v) is 1.41. The van der Waals surface area contributed by atoms with Crippen LogP contribution in [0.25, 0.3) is 0 Å². The monoisotopic (exact) mass is 258 g/mol. The van der Waals surface area contributed by atoms with Crippen LogP contribution in [0, 0.1) is 0 Å². The Hall–Kier alpha value is -1.56. The van der Waals surface area contributed by atoms with E-state index in [-0.39, 0.29) is 44.6 Å². The zero-order chi connectivity index (χ0) is 10.2. The van der Waals surface area contributed by atoms with Crippen molar-refractivity contribution < 1.29 is 0 Å². The van der Waals surface area contributed by atoms with Crippen LogP contribution < -0.4 is 0 Å². The van der Waals surface area contributed by atoms with Crippen LogP contribution in [0.15, 0.2) is 75.9 Å². The van der Waals surface area contributed by atoms with Crippen molar-refractivity contribution in [2.45, 2.75) is 44.6 Å². The van der Waals surface area contributed by atoms with Crippen molar-refractivity contribution in [1.82, 2.24) is 0 Å². The summed E-state index contributed by atoms with van der Waals surface area (Å²) >= 11 is 0. The van der Waals surface area contributed by atoms with Crippen molar-refractivity contribution in [2.75, 3.05) is 0 Å². The molecule has 114 valence electrons. The van der Waals surface area contributed by atoms with Crippen molar-refractivity contribution in [3.63, 3.8) is 0 Å². The Kier molecular flexibility index (Phi) is 642. The minimum atomic E-state index is 0. The van der Waals surface area contributed by atoms with Gasteiger partial charge in [-0.15, -0.1) is 0 Å². The lowest BCUT2D eigenvalue weighted by molar-refractivity contribution is 2.15. The summed E-state index contributed by atoms with van der Waals surface area (Å²) in [4.78, 5) is 0. The molecule has 0 heteroatoms. The van der Waals surface area contributed by atoms with Gasteiger partial charge in [0.2, 0.25) is 0 Å². The summed E-state index contributed by atoms with van der Waals surface area (Å²) in [5, 5.41) is 0. The molecular formula is C18H42. The smallest absolute Gasteiger partial charge is 0.0701 e. The van der Waals surface area contributed by atoms with Crippen molar-refractivity contribution >= 4 is 0 Å². The summed E-state index contributed by atoms with van der Waals surface area (Å²) < 4.78 is 0. The van der Waals surface area contributed by atoms with Crippen molar-refractivity contribution in [2.24, 2.45) is 0 Å². The Labute approximate surface area is 121 Å². The maximum atomic E-state index is 3.36. The van der Waals surface area contributed by atoms with Crippen LogP contribution in [0.1, 0.15) is 44.6 Å². The molecule has 0 amide bonds. The van der Waals surface area contributed by atoms with E-state index in [0.717, 1.165) is 0 Å². The van der Waals surface area contributed by atoms with Crippen molar-refractivity contribution in [3.8, 4) is 0 Å². The van der Waals surface area contributed by atoms with E-state index in [4.69, 9.17) is 0 Å². The normalized spacial score (nSPS) is 3.33. The molecule has 0 heterocycles. The van der Waals surface area contributed by atoms with E-state index in [1.807, 2.05) is 0 Å². The van der Waals surface area contributed by atoms with Gasteiger partial charge in [0.05, 0.1) is 0 Å². The Morgan fingerprint density at radius 1 is 0.278 bits per heavy atom. The van der Waals surface area contributed by atoms with Crippen LogP contribution in [0.2, 0.25) is 0 Å². The number of hydrogen-bond acceptors (Lipinski definition) is 0. The maximum absolute atomic E-state index is 3.36. The van der Waals surface area contributed by atoms with E-state index in [0.29, 0.717) is 0 Å². The highest BCUT2D eigenvalue weighted by atomic mass is 13.4. The molecule has 0 radical (unpaired) electrons. The molecule has 0 atom stereocenters. The van der Waals surface area contributed by atoms with Gasteiger partial charge in [0.1, 0.15) is 0 Å². The first kappa shape index (κ1) is 70.8. The van der Waals surface area contributed by atoms with Crippen molar-refractivity contribution in [1.29, 1.82) is 0 Å². The van der Waals surface area contributed by atoms with Crippen LogP contribution in [0.3, 0.4) is 0 Å². The minimum Gasteiger partial charge on any atom is -0.0991 e. The molecule has 0 saturated carbocycles. The molecular weight excluding hydrogens is 216 g/mol. The zero-order valence-electron chi connectivity index (χ0n) is 7.71. The largest absolute Gasteiger partial charge is 0.0991 e. The fourth-order valence-corrected chi connectivity index (χ4v) is 0. The summed E-state index contributed by atoms with van der Waals surface area (Å²) in [6.45, 7) is 20.2. The van der Waals surface area contributed by atoms with Crippen LogP contribution in [-0.4, -0.2) is 0 Å². The lowest BCUT2D eigenvalue weighted by atomic mass is 10.6. The quantitative estimate of drug-likeness (QED) is 0.451. The van der Waals surface area contributed by atoms with Crippen LogP contribution in [0.5, 0.6) is 0 Å². The van der Waals surface area contributed by atoms with Crippen LogP contribution >= 0.6 is 0 Å². The molecule has 0 bridgehead atoms. The Morgan fingerprint density at radius 3 is 0.333 bits per heavy atom. The van der Waals surface area contributed by atoms with Gasteiger partial charge in [-0.05, 0) is 0 Å². The second kappa shape index (κ2) is 163. The predicted octanol–water partition coefficient (Wildman–Crippen LogP) is 7.89. The molecule has 0 aliphatic carbocycles. The van der Waals surface area contributed by atoms with Gasteiger partial charge < -0.3 is 0 Å². The lowest BCUT2D eigenvalue weighted by Crippen LogP contribution is -1.21. The first-order valence-electron chi connectivity index (χ1n) is 3.45. The van der Waals surface area contributed by atoms with Crippen molar-refractivity contribution in [3.05, 3.63) is 75.9 Å². The van der Waals surface area contributed by atoms with Crippen LogP contribution in [-0.2, 0) is 0 Å². The van der Waals surface area contributed by atoms with Gasteiger partial charge in [0.15, 0.2) is 0 Å². The molecule has 0 rings (SSSR count). The topological polar surface area (TPSA) is 0 Å². The number of rotatable bonds is 3. The van der Waals surface area contributed by atoms with E-state index >= 15 is 0 Å². The van der Waals surface area contributed by atoms with Gasteiger partial charge in [-0.25, -0.2) is 0 Å². The van der Waals surface area contributed by atoms with E-state index in [9.17, 15) is 0 Å². The van der Waals surface area contributed by atoms with E-state index in [1.165, 1.54) is 0 Å². The summed E-state index contributed by atoms with van der Waals surface area (Å²) in [5.41, 5.74) is 0. The second-order valence-electron chi connectivity index (χ2n) is 1.41. The first-order valence-corrected chi connectivity index (χ1v) is 3.45.